The summed E-state index contributed by atoms with van der Waals surface area (Å²) in [6, 6.07) is 5.75. The molecule has 3 rings (SSSR count). The van der Waals surface area contributed by atoms with Crippen molar-refractivity contribution in [3.63, 3.8) is 0 Å². The molecule has 3 aromatic rings. The Morgan fingerprint density at radius 1 is 1.19 bits per heavy atom. The van der Waals surface area contributed by atoms with Crippen LogP contribution in [0, 0.1) is 0 Å². The molecule has 0 amide bonds. The topological polar surface area (TPSA) is 67.7 Å². The highest BCUT2D eigenvalue weighted by molar-refractivity contribution is 5.87. The Labute approximate surface area is 148 Å². The molecule has 3 heterocycles. The van der Waals surface area contributed by atoms with E-state index in [-0.39, 0.29) is 12.0 Å². The molecule has 6 nitrogen and oxygen atoms in total. The van der Waals surface area contributed by atoms with Crippen LogP contribution in [0.4, 0.5) is 24.9 Å². The van der Waals surface area contributed by atoms with E-state index in [0.29, 0.717) is 5.69 Å². The summed E-state index contributed by atoms with van der Waals surface area (Å²) in [5.41, 5.74) is 2.24. The van der Waals surface area contributed by atoms with Crippen molar-refractivity contribution in [3.05, 3.63) is 30.6 Å². The molecule has 0 saturated heterocycles. The molecule has 0 aromatic carbocycles. The average Bonchev–Trinajstić information content (AvgIpc) is 2.89. The quantitative estimate of drug-likeness (QED) is 0.720. The number of nitrogens with zero attached hydrogens (tertiary/aromatic N) is 4. The van der Waals surface area contributed by atoms with Gasteiger partial charge in [0.2, 0.25) is 5.95 Å². The molecule has 0 aliphatic rings. The van der Waals surface area contributed by atoms with Crippen molar-refractivity contribution in [1.29, 1.82) is 0 Å². The maximum atomic E-state index is 12.4. The fourth-order valence-corrected chi connectivity index (χ4v) is 2.62. The van der Waals surface area contributed by atoms with Crippen LogP contribution in [0.2, 0.25) is 0 Å². The number of rotatable bonds is 5. The first-order valence-electron chi connectivity index (χ1n) is 8.09. The number of hydrogen-bond donors (Lipinski definition) is 2. The summed E-state index contributed by atoms with van der Waals surface area (Å²) in [7, 11) is 1.88. The highest BCUT2D eigenvalue weighted by Crippen LogP contribution is 2.27. The van der Waals surface area contributed by atoms with Gasteiger partial charge in [0.15, 0.2) is 0 Å². The normalized spacial score (nSPS) is 12.0. The van der Waals surface area contributed by atoms with E-state index >= 15 is 0 Å². The fraction of sp³-hybridized carbons (Fsp3) is 0.353. The van der Waals surface area contributed by atoms with Crippen molar-refractivity contribution in [2.24, 2.45) is 7.05 Å². The second-order valence-electron chi connectivity index (χ2n) is 6.25. The first-order chi connectivity index (χ1) is 12.2. The van der Waals surface area contributed by atoms with Crippen LogP contribution in [-0.4, -0.2) is 38.3 Å². The third-order valence-corrected chi connectivity index (χ3v) is 3.73. The number of aryl methyl sites for hydroxylation is 1. The van der Waals surface area contributed by atoms with E-state index < -0.39 is 12.7 Å². The van der Waals surface area contributed by atoms with Gasteiger partial charge in [-0.25, -0.2) is 15.0 Å². The SMILES string of the molecule is CC(C)Nc1cc2c(cn1)cc(-c1ccnc(NCC(F)(F)F)n1)n2C. The molecule has 0 atom stereocenters. The Hall–Kier alpha value is -2.84. The minimum absolute atomic E-state index is 0.0645. The number of hydrogen-bond acceptors (Lipinski definition) is 5. The number of alkyl halides is 3. The Morgan fingerprint density at radius 2 is 1.96 bits per heavy atom. The molecule has 26 heavy (non-hydrogen) atoms. The lowest BCUT2D eigenvalue weighted by molar-refractivity contribution is -0.115. The summed E-state index contributed by atoms with van der Waals surface area (Å²) in [6.45, 7) is 2.87. The van der Waals surface area contributed by atoms with Gasteiger partial charge >= 0.3 is 6.18 Å². The second kappa shape index (κ2) is 6.81. The zero-order valence-corrected chi connectivity index (χ0v) is 14.6. The van der Waals surface area contributed by atoms with Crippen LogP contribution in [0.25, 0.3) is 22.3 Å². The molecule has 3 aromatic heterocycles. The summed E-state index contributed by atoms with van der Waals surface area (Å²) in [4.78, 5) is 12.4. The lowest BCUT2D eigenvalue weighted by Gasteiger charge is -2.10. The van der Waals surface area contributed by atoms with E-state index in [1.54, 1.807) is 12.3 Å². The van der Waals surface area contributed by atoms with E-state index in [9.17, 15) is 13.2 Å². The van der Waals surface area contributed by atoms with Crippen molar-refractivity contribution >= 4 is 22.7 Å². The monoisotopic (exact) mass is 364 g/mol. The highest BCUT2D eigenvalue weighted by Gasteiger charge is 2.27. The van der Waals surface area contributed by atoms with Gasteiger partial charge < -0.3 is 15.2 Å². The fourth-order valence-electron chi connectivity index (χ4n) is 2.62. The van der Waals surface area contributed by atoms with Gasteiger partial charge in [-0.3, -0.25) is 0 Å². The maximum Gasteiger partial charge on any atom is 0.405 e. The zero-order valence-electron chi connectivity index (χ0n) is 14.6. The van der Waals surface area contributed by atoms with E-state index in [4.69, 9.17) is 0 Å². The molecule has 138 valence electrons. The standard InChI is InChI=1S/C17H19F3N6/c1-10(2)24-15-7-13-11(8-22-15)6-14(26(13)3)12-4-5-21-16(25-12)23-9-17(18,19)20/h4-8,10H,9H2,1-3H3,(H,22,24)(H,21,23,25). The van der Waals surface area contributed by atoms with Crippen LogP contribution in [0.1, 0.15) is 13.8 Å². The Morgan fingerprint density at radius 3 is 2.65 bits per heavy atom. The maximum absolute atomic E-state index is 12.4. The predicted molar refractivity (Wildman–Crippen MR) is 95.0 cm³/mol. The molecular weight excluding hydrogens is 345 g/mol. The molecule has 9 heteroatoms. The lowest BCUT2D eigenvalue weighted by atomic mass is 10.2. The number of halogens is 3. The summed E-state index contributed by atoms with van der Waals surface area (Å²) >= 11 is 0. The second-order valence-corrected chi connectivity index (χ2v) is 6.25. The molecule has 0 unspecified atom stereocenters. The van der Waals surface area contributed by atoms with Crippen molar-refractivity contribution in [2.75, 3.05) is 17.2 Å². The molecule has 2 N–H and O–H groups in total. The van der Waals surface area contributed by atoms with Crippen molar-refractivity contribution in [1.82, 2.24) is 19.5 Å². The molecule has 0 saturated carbocycles. The number of pyridine rings is 1. The lowest BCUT2D eigenvalue weighted by Crippen LogP contribution is -2.22. The van der Waals surface area contributed by atoms with E-state index in [0.717, 1.165) is 22.4 Å². The number of anilines is 2. The third kappa shape index (κ3) is 4.04. The highest BCUT2D eigenvalue weighted by atomic mass is 19.4. The van der Waals surface area contributed by atoms with E-state index in [2.05, 4.69) is 25.6 Å². The number of aromatic nitrogens is 4. The van der Waals surface area contributed by atoms with Gasteiger partial charge in [-0.1, -0.05) is 0 Å². The van der Waals surface area contributed by atoms with Gasteiger partial charge in [0.1, 0.15) is 12.4 Å². The number of fused-ring (bicyclic) bond motifs is 1. The molecule has 0 bridgehead atoms. The Bertz CT molecular complexity index is 916. The van der Waals surface area contributed by atoms with Crippen molar-refractivity contribution < 1.29 is 13.2 Å². The van der Waals surface area contributed by atoms with Crippen LogP contribution in [0.5, 0.6) is 0 Å². The summed E-state index contributed by atoms with van der Waals surface area (Å²) in [6.07, 6.45) is -1.14. The smallest absolute Gasteiger partial charge is 0.368 e. The Balaban J connectivity index is 1.94. The van der Waals surface area contributed by atoms with Gasteiger partial charge in [-0.2, -0.15) is 13.2 Å². The van der Waals surface area contributed by atoms with Crippen LogP contribution >= 0.6 is 0 Å². The van der Waals surface area contributed by atoms with Crippen molar-refractivity contribution in [3.8, 4) is 11.4 Å². The molecular formula is C17H19F3N6. The van der Waals surface area contributed by atoms with Gasteiger partial charge in [-0.05, 0) is 26.0 Å². The zero-order chi connectivity index (χ0) is 18.9. The predicted octanol–water partition coefficient (Wildman–Crippen LogP) is 3.82. The molecule has 0 aliphatic carbocycles. The molecule has 0 spiro atoms. The minimum Gasteiger partial charge on any atom is -0.368 e. The Kier molecular flexibility index (Phi) is 4.71. The molecule has 0 fully saturated rings. The van der Waals surface area contributed by atoms with Gasteiger partial charge in [0.05, 0.1) is 16.9 Å². The first kappa shape index (κ1) is 18.0. The van der Waals surface area contributed by atoms with E-state index in [1.165, 1.54) is 6.20 Å². The molecule has 0 aliphatic heterocycles. The van der Waals surface area contributed by atoms with Crippen molar-refractivity contribution in [2.45, 2.75) is 26.1 Å². The number of nitrogens with one attached hydrogen (secondary N) is 2. The van der Waals surface area contributed by atoms with E-state index in [1.807, 2.05) is 37.6 Å². The van der Waals surface area contributed by atoms with Gasteiger partial charge in [0, 0.05) is 36.9 Å². The van der Waals surface area contributed by atoms with Crippen LogP contribution in [0.15, 0.2) is 30.6 Å². The molecule has 0 radical (unpaired) electrons. The third-order valence-electron chi connectivity index (χ3n) is 3.73. The summed E-state index contributed by atoms with van der Waals surface area (Å²) in [5, 5.41) is 6.36. The largest absolute Gasteiger partial charge is 0.405 e. The average molecular weight is 364 g/mol. The van der Waals surface area contributed by atoms with Crippen LogP contribution in [0.3, 0.4) is 0 Å². The minimum atomic E-state index is -4.33. The summed E-state index contributed by atoms with van der Waals surface area (Å²) < 4.78 is 39.0. The van der Waals surface area contributed by atoms with Gasteiger partial charge in [0.25, 0.3) is 0 Å². The first-order valence-corrected chi connectivity index (χ1v) is 8.09. The summed E-state index contributed by atoms with van der Waals surface area (Å²) in [5.74, 6) is 0.695. The van der Waals surface area contributed by atoms with Crippen LogP contribution in [-0.2, 0) is 7.05 Å². The van der Waals surface area contributed by atoms with Crippen LogP contribution < -0.4 is 10.6 Å². The van der Waals surface area contributed by atoms with Gasteiger partial charge in [-0.15, -0.1) is 0 Å².